The normalized spacial score (nSPS) is 33.0. The molecule has 1 aliphatic rings. The SMILES string of the molecule is C[C@H]1OCC(N)(c2ccc(F)cc2F)[C@@H]1CO. The van der Waals surface area contributed by atoms with Gasteiger partial charge in [-0.2, -0.15) is 0 Å². The maximum absolute atomic E-state index is 13.7. The molecule has 1 aromatic carbocycles. The van der Waals surface area contributed by atoms with Gasteiger partial charge in [0.2, 0.25) is 0 Å². The first-order valence-electron chi connectivity index (χ1n) is 5.46. The van der Waals surface area contributed by atoms with Gasteiger partial charge in [-0.05, 0) is 13.0 Å². The molecule has 0 aromatic heterocycles. The van der Waals surface area contributed by atoms with Crippen LogP contribution in [0, 0.1) is 17.6 Å². The zero-order valence-corrected chi connectivity index (χ0v) is 9.49. The van der Waals surface area contributed by atoms with Crippen LogP contribution in [-0.4, -0.2) is 24.4 Å². The molecular weight excluding hydrogens is 228 g/mol. The number of nitrogens with two attached hydrogens (primary N) is 1. The van der Waals surface area contributed by atoms with E-state index in [0.29, 0.717) is 0 Å². The average molecular weight is 243 g/mol. The van der Waals surface area contributed by atoms with Crippen molar-refractivity contribution < 1.29 is 18.6 Å². The summed E-state index contributed by atoms with van der Waals surface area (Å²) in [5.74, 6) is -1.76. The predicted molar refractivity (Wildman–Crippen MR) is 58.2 cm³/mol. The van der Waals surface area contributed by atoms with Crippen molar-refractivity contribution in [3.63, 3.8) is 0 Å². The average Bonchev–Trinajstić information content (AvgIpc) is 2.55. The van der Waals surface area contributed by atoms with Crippen LogP contribution < -0.4 is 5.73 Å². The van der Waals surface area contributed by atoms with E-state index in [9.17, 15) is 13.9 Å². The summed E-state index contributed by atoms with van der Waals surface area (Å²) >= 11 is 0. The topological polar surface area (TPSA) is 55.5 Å². The van der Waals surface area contributed by atoms with Gasteiger partial charge in [0.15, 0.2) is 0 Å². The zero-order valence-electron chi connectivity index (χ0n) is 9.49. The smallest absolute Gasteiger partial charge is 0.131 e. The Morgan fingerprint density at radius 1 is 1.53 bits per heavy atom. The maximum atomic E-state index is 13.7. The van der Waals surface area contributed by atoms with Crippen LogP contribution in [-0.2, 0) is 10.3 Å². The van der Waals surface area contributed by atoms with E-state index >= 15 is 0 Å². The van der Waals surface area contributed by atoms with Crippen LogP contribution in [0.5, 0.6) is 0 Å². The maximum Gasteiger partial charge on any atom is 0.131 e. The van der Waals surface area contributed by atoms with Crippen LogP contribution in [0.3, 0.4) is 0 Å². The van der Waals surface area contributed by atoms with Crippen molar-refractivity contribution in [2.45, 2.75) is 18.6 Å². The summed E-state index contributed by atoms with van der Waals surface area (Å²) in [7, 11) is 0. The molecule has 2 rings (SSSR count). The second-order valence-electron chi connectivity index (χ2n) is 4.47. The van der Waals surface area contributed by atoms with Crippen molar-refractivity contribution >= 4 is 0 Å². The van der Waals surface area contributed by atoms with E-state index < -0.39 is 23.1 Å². The van der Waals surface area contributed by atoms with Gasteiger partial charge in [-0.1, -0.05) is 6.07 Å². The fourth-order valence-corrected chi connectivity index (χ4v) is 2.37. The molecule has 1 aromatic rings. The molecule has 1 aliphatic heterocycles. The molecule has 1 fully saturated rings. The van der Waals surface area contributed by atoms with E-state index in [1.165, 1.54) is 6.07 Å². The van der Waals surface area contributed by atoms with Gasteiger partial charge >= 0.3 is 0 Å². The minimum atomic E-state index is -1.11. The van der Waals surface area contributed by atoms with Gasteiger partial charge in [0.1, 0.15) is 11.6 Å². The second-order valence-corrected chi connectivity index (χ2v) is 4.47. The number of hydrogen-bond acceptors (Lipinski definition) is 3. The number of benzene rings is 1. The minimum absolute atomic E-state index is 0.113. The molecule has 3 atom stereocenters. The lowest BCUT2D eigenvalue weighted by Gasteiger charge is -2.30. The third-order valence-electron chi connectivity index (χ3n) is 3.44. The Morgan fingerprint density at radius 3 is 2.82 bits per heavy atom. The summed E-state index contributed by atoms with van der Waals surface area (Å²) in [5.41, 5.74) is 5.21. The highest BCUT2D eigenvalue weighted by molar-refractivity contribution is 5.29. The molecule has 0 amide bonds. The Hall–Kier alpha value is -1.04. The summed E-state index contributed by atoms with van der Waals surface area (Å²) in [4.78, 5) is 0. The lowest BCUT2D eigenvalue weighted by atomic mass is 9.79. The lowest BCUT2D eigenvalue weighted by molar-refractivity contribution is 0.0861. The van der Waals surface area contributed by atoms with Crippen LogP contribution in [0.1, 0.15) is 12.5 Å². The Bertz CT molecular complexity index is 427. The standard InChI is InChI=1S/C12H15F2NO2/c1-7-10(5-16)12(15,6-17-7)9-3-2-8(13)4-11(9)14/h2-4,7,10,16H,5-6,15H2,1H3/t7-,10-,12?/m1/s1. The lowest BCUT2D eigenvalue weighted by Crippen LogP contribution is -2.47. The van der Waals surface area contributed by atoms with E-state index in [1.54, 1.807) is 6.92 Å². The molecule has 0 saturated carbocycles. The molecule has 0 aliphatic carbocycles. The number of halogens is 2. The van der Waals surface area contributed by atoms with Crippen molar-refractivity contribution in [1.82, 2.24) is 0 Å². The molecule has 0 spiro atoms. The Morgan fingerprint density at radius 2 is 2.24 bits per heavy atom. The molecule has 1 heterocycles. The van der Waals surface area contributed by atoms with E-state index in [1.807, 2.05) is 0 Å². The van der Waals surface area contributed by atoms with E-state index in [0.717, 1.165) is 12.1 Å². The molecule has 0 bridgehead atoms. The molecule has 94 valence electrons. The highest BCUT2D eigenvalue weighted by atomic mass is 19.1. The molecular formula is C12H15F2NO2. The van der Waals surface area contributed by atoms with E-state index in [4.69, 9.17) is 10.5 Å². The quantitative estimate of drug-likeness (QED) is 0.819. The largest absolute Gasteiger partial charge is 0.396 e. The molecule has 1 unspecified atom stereocenters. The first-order valence-corrected chi connectivity index (χ1v) is 5.46. The summed E-state index contributed by atoms with van der Waals surface area (Å²) in [5, 5.41) is 9.32. The molecule has 3 nitrogen and oxygen atoms in total. The van der Waals surface area contributed by atoms with Crippen molar-refractivity contribution in [2.75, 3.05) is 13.2 Å². The van der Waals surface area contributed by atoms with Crippen LogP contribution in [0.15, 0.2) is 18.2 Å². The van der Waals surface area contributed by atoms with E-state index in [-0.39, 0.29) is 24.9 Å². The second kappa shape index (κ2) is 4.33. The van der Waals surface area contributed by atoms with Gasteiger partial charge in [-0.15, -0.1) is 0 Å². The number of aliphatic hydroxyl groups is 1. The van der Waals surface area contributed by atoms with Crippen molar-refractivity contribution in [3.8, 4) is 0 Å². The first kappa shape index (κ1) is 12.4. The third-order valence-corrected chi connectivity index (χ3v) is 3.44. The summed E-state index contributed by atoms with van der Waals surface area (Å²) in [6.07, 6.45) is -0.255. The number of hydrogen-bond donors (Lipinski definition) is 2. The van der Waals surface area contributed by atoms with Gasteiger partial charge < -0.3 is 15.6 Å². The van der Waals surface area contributed by atoms with Crippen LogP contribution in [0.4, 0.5) is 8.78 Å². The highest BCUT2D eigenvalue weighted by Gasteiger charge is 2.47. The fourth-order valence-electron chi connectivity index (χ4n) is 2.37. The Balaban J connectivity index is 2.44. The van der Waals surface area contributed by atoms with Crippen LogP contribution >= 0.6 is 0 Å². The van der Waals surface area contributed by atoms with Crippen molar-refractivity contribution in [1.29, 1.82) is 0 Å². The van der Waals surface area contributed by atoms with Crippen molar-refractivity contribution in [2.24, 2.45) is 11.7 Å². The molecule has 0 radical (unpaired) electrons. The van der Waals surface area contributed by atoms with Crippen molar-refractivity contribution in [3.05, 3.63) is 35.4 Å². The highest BCUT2D eigenvalue weighted by Crippen LogP contribution is 2.38. The van der Waals surface area contributed by atoms with Gasteiger partial charge in [0.05, 0.1) is 24.9 Å². The Kier molecular flexibility index (Phi) is 3.16. The first-order chi connectivity index (χ1) is 7.99. The van der Waals surface area contributed by atoms with Crippen LogP contribution in [0.25, 0.3) is 0 Å². The summed E-state index contributed by atoms with van der Waals surface area (Å²) in [6.45, 7) is 1.69. The van der Waals surface area contributed by atoms with Gasteiger partial charge in [-0.3, -0.25) is 0 Å². The van der Waals surface area contributed by atoms with Gasteiger partial charge in [0.25, 0.3) is 0 Å². The fraction of sp³-hybridized carbons (Fsp3) is 0.500. The number of rotatable bonds is 2. The minimum Gasteiger partial charge on any atom is -0.396 e. The summed E-state index contributed by atoms with van der Waals surface area (Å²) < 4.78 is 31.9. The Labute approximate surface area is 98.2 Å². The molecule has 1 saturated heterocycles. The summed E-state index contributed by atoms with van der Waals surface area (Å²) in [6, 6.07) is 3.26. The molecule has 5 heteroatoms. The van der Waals surface area contributed by atoms with Gasteiger partial charge in [-0.25, -0.2) is 8.78 Å². The number of ether oxygens (including phenoxy) is 1. The third kappa shape index (κ3) is 1.94. The number of aliphatic hydroxyl groups excluding tert-OH is 1. The van der Waals surface area contributed by atoms with Crippen LogP contribution in [0.2, 0.25) is 0 Å². The van der Waals surface area contributed by atoms with E-state index in [2.05, 4.69) is 0 Å². The molecule has 17 heavy (non-hydrogen) atoms. The monoisotopic (exact) mass is 243 g/mol. The molecule has 3 N–H and O–H groups in total. The zero-order chi connectivity index (χ0) is 12.6. The van der Waals surface area contributed by atoms with Gasteiger partial charge in [0, 0.05) is 17.5 Å². The predicted octanol–water partition coefficient (Wildman–Crippen LogP) is 1.15.